The Bertz CT molecular complexity index is 560. The molecule has 0 fully saturated rings. The van der Waals surface area contributed by atoms with E-state index in [1.807, 2.05) is 13.8 Å². The molecule has 0 rings (SSSR count). The average Bonchev–Trinajstić information content (AvgIpc) is 2.87. The van der Waals surface area contributed by atoms with Gasteiger partial charge in [0.25, 0.3) is 6.47 Å². The van der Waals surface area contributed by atoms with Gasteiger partial charge in [0.2, 0.25) is 0 Å². The third-order valence-electron chi connectivity index (χ3n) is 5.98. The van der Waals surface area contributed by atoms with Crippen LogP contribution in [0, 0.1) is 0 Å². The summed E-state index contributed by atoms with van der Waals surface area (Å²) in [5, 5.41) is 10.9. The maximum absolute atomic E-state index is 13.0. The molecule has 0 aliphatic carbocycles. The molecule has 9 heteroatoms. The number of rotatable bonds is 25. The predicted octanol–water partition coefficient (Wildman–Crippen LogP) is 4.38. The Balaban J connectivity index is 5.34. The van der Waals surface area contributed by atoms with E-state index >= 15 is 0 Å². The summed E-state index contributed by atoms with van der Waals surface area (Å²) in [5.41, 5.74) is 0. The summed E-state index contributed by atoms with van der Waals surface area (Å²) in [5.74, 6) is -1.08. The fourth-order valence-electron chi connectivity index (χ4n) is 3.72. The normalized spacial score (nSPS) is 13.7. The van der Waals surface area contributed by atoms with Crippen molar-refractivity contribution in [2.75, 3.05) is 33.0 Å². The van der Waals surface area contributed by atoms with Crippen LogP contribution in [0.25, 0.3) is 0 Å². The molecule has 0 aromatic rings. The molecule has 3 atom stereocenters. The summed E-state index contributed by atoms with van der Waals surface area (Å²) < 4.78 is 21.5. The van der Waals surface area contributed by atoms with Crippen LogP contribution in [0.2, 0.25) is 0 Å². The van der Waals surface area contributed by atoms with Crippen molar-refractivity contribution in [3.8, 4) is 0 Å². The molecule has 0 aromatic heterocycles. The summed E-state index contributed by atoms with van der Waals surface area (Å²) in [6.07, 6.45) is 8.09. The van der Waals surface area contributed by atoms with Crippen LogP contribution in [0.3, 0.4) is 0 Å². The van der Waals surface area contributed by atoms with Gasteiger partial charge in [-0.1, -0.05) is 59.8 Å². The third-order valence-corrected chi connectivity index (χ3v) is 5.98. The van der Waals surface area contributed by atoms with Gasteiger partial charge in [0, 0.05) is 19.6 Å². The second-order valence-electron chi connectivity index (χ2n) is 9.04. The van der Waals surface area contributed by atoms with Gasteiger partial charge in [-0.2, -0.15) is 0 Å². The van der Waals surface area contributed by atoms with E-state index in [2.05, 4.69) is 13.8 Å². The number of unbranched alkanes of at least 4 members (excludes halogenated alkanes) is 4. The number of aliphatic hydroxyl groups is 1. The molecule has 0 aromatic carbocycles. The number of nitrogens with zero attached hydrogens (tertiary/aromatic N) is 1. The maximum atomic E-state index is 13.0. The second kappa shape index (κ2) is 23.7. The third kappa shape index (κ3) is 16.9. The van der Waals surface area contributed by atoms with Crippen LogP contribution in [-0.4, -0.2) is 79.8 Å². The quantitative estimate of drug-likeness (QED) is 0.0620. The number of carbonyl (C=O) groups excluding carboxylic acids is 3. The molecule has 0 radical (unpaired) electrons. The summed E-state index contributed by atoms with van der Waals surface area (Å²) in [6, 6.07) is -1.01. The number of esters is 2. The van der Waals surface area contributed by atoms with Crippen LogP contribution in [0.15, 0.2) is 0 Å². The molecule has 0 saturated heterocycles. The van der Waals surface area contributed by atoms with E-state index in [1.165, 1.54) is 6.42 Å². The lowest BCUT2D eigenvalue weighted by molar-refractivity contribution is -0.163. The van der Waals surface area contributed by atoms with Gasteiger partial charge in [-0.05, 0) is 32.1 Å². The molecule has 0 aliphatic rings. The topological polar surface area (TPSA) is 112 Å². The van der Waals surface area contributed by atoms with Gasteiger partial charge in [0.1, 0.15) is 12.3 Å². The Hall–Kier alpha value is -1.71. The van der Waals surface area contributed by atoms with Gasteiger partial charge >= 0.3 is 11.9 Å². The summed E-state index contributed by atoms with van der Waals surface area (Å²) >= 11 is 0. The fraction of sp³-hybridized carbons (Fsp3) is 0.889. The first kappa shape index (κ1) is 34.3. The Labute approximate surface area is 218 Å². The minimum absolute atomic E-state index is 0.00838. The molecule has 212 valence electrons. The van der Waals surface area contributed by atoms with Gasteiger partial charge in [-0.25, -0.2) is 0 Å². The molecule has 0 spiro atoms. The highest BCUT2D eigenvalue weighted by atomic mass is 16.5. The number of ether oxygens (including phenoxy) is 4. The Kier molecular flexibility index (Phi) is 22.5. The molecule has 0 saturated carbocycles. The Morgan fingerprint density at radius 2 is 1.50 bits per heavy atom. The van der Waals surface area contributed by atoms with E-state index in [1.54, 1.807) is 4.90 Å². The highest BCUT2D eigenvalue weighted by Crippen LogP contribution is 2.16. The monoisotopic (exact) mass is 517 g/mol. The van der Waals surface area contributed by atoms with E-state index in [0.717, 1.165) is 44.9 Å². The van der Waals surface area contributed by atoms with E-state index < -0.39 is 24.2 Å². The first-order valence-electron chi connectivity index (χ1n) is 13.9. The maximum Gasteiger partial charge on any atom is 0.324 e. The molecule has 0 amide bonds. The van der Waals surface area contributed by atoms with Gasteiger partial charge in [-0.3, -0.25) is 19.3 Å². The van der Waals surface area contributed by atoms with Crippen LogP contribution in [-0.2, 0) is 33.3 Å². The Morgan fingerprint density at radius 1 is 0.833 bits per heavy atom. The zero-order chi connectivity index (χ0) is 27.0. The van der Waals surface area contributed by atoms with Crippen molar-refractivity contribution in [3.05, 3.63) is 0 Å². The van der Waals surface area contributed by atoms with Crippen molar-refractivity contribution in [3.63, 3.8) is 0 Å². The van der Waals surface area contributed by atoms with E-state index in [9.17, 15) is 19.5 Å². The molecule has 0 heterocycles. The number of aliphatic hydroxyl groups excluding tert-OH is 1. The number of hydrogen-bond acceptors (Lipinski definition) is 9. The molecular weight excluding hydrogens is 466 g/mol. The van der Waals surface area contributed by atoms with Crippen molar-refractivity contribution in [2.45, 2.75) is 123 Å². The average molecular weight is 518 g/mol. The molecule has 9 nitrogen and oxygen atoms in total. The van der Waals surface area contributed by atoms with Crippen molar-refractivity contribution in [1.29, 1.82) is 0 Å². The van der Waals surface area contributed by atoms with Gasteiger partial charge in [0.05, 0.1) is 32.3 Å². The SMILES string of the molecule is CCCCCC(CC)OCCCN(C(O)CCOC=O)[C@@H](CC(=O)OCCCC)C(=O)OCCCC. The van der Waals surface area contributed by atoms with Crippen molar-refractivity contribution in [2.24, 2.45) is 0 Å². The van der Waals surface area contributed by atoms with E-state index in [4.69, 9.17) is 18.9 Å². The predicted molar refractivity (Wildman–Crippen MR) is 138 cm³/mol. The second-order valence-corrected chi connectivity index (χ2v) is 9.04. The van der Waals surface area contributed by atoms with E-state index in [0.29, 0.717) is 32.5 Å². The number of carbonyl (C=O) groups is 3. The fourth-order valence-corrected chi connectivity index (χ4v) is 3.72. The first-order chi connectivity index (χ1) is 17.4. The lowest BCUT2D eigenvalue weighted by Crippen LogP contribution is -2.50. The summed E-state index contributed by atoms with van der Waals surface area (Å²) in [7, 11) is 0. The minimum Gasteiger partial charge on any atom is -0.468 e. The molecule has 2 unspecified atom stereocenters. The van der Waals surface area contributed by atoms with Crippen LogP contribution < -0.4 is 0 Å². The highest BCUT2D eigenvalue weighted by molar-refractivity contribution is 5.82. The first-order valence-corrected chi connectivity index (χ1v) is 13.9. The number of hydrogen-bond donors (Lipinski definition) is 1. The smallest absolute Gasteiger partial charge is 0.324 e. The van der Waals surface area contributed by atoms with E-state index in [-0.39, 0.29) is 38.8 Å². The lowest BCUT2D eigenvalue weighted by atomic mass is 10.1. The molecule has 0 aliphatic heterocycles. The molecular formula is C27H51NO8. The van der Waals surface area contributed by atoms with Crippen molar-refractivity contribution in [1.82, 2.24) is 4.90 Å². The molecule has 36 heavy (non-hydrogen) atoms. The zero-order valence-electron chi connectivity index (χ0n) is 23.1. The van der Waals surface area contributed by atoms with Crippen LogP contribution in [0.5, 0.6) is 0 Å². The molecule has 0 bridgehead atoms. The highest BCUT2D eigenvalue weighted by Gasteiger charge is 2.34. The van der Waals surface area contributed by atoms with Crippen LogP contribution >= 0.6 is 0 Å². The zero-order valence-corrected chi connectivity index (χ0v) is 23.1. The van der Waals surface area contributed by atoms with Crippen LogP contribution in [0.4, 0.5) is 0 Å². The summed E-state index contributed by atoms with van der Waals surface area (Å²) in [4.78, 5) is 37.6. The minimum atomic E-state index is -1.11. The lowest BCUT2D eigenvalue weighted by Gasteiger charge is -2.33. The van der Waals surface area contributed by atoms with Gasteiger partial charge in [-0.15, -0.1) is 0 Å². The van der Waals surface area contributed by atoms with Crippen LogP contribution in [0.1, 0.15) is 105 Å². The standard InChI is InChI=1S/C27H51NO8/c1-5-9-12-14-23(8-4)34-19-13-16-28(25(30)15-20-33-22-29)24(27(32)36-18-11-7-3)21-26(31)35-17-10-6-2/h22-25,30H,5-21H2,1-4H3/t23?,24-,25?/m0/s1. The Morgan fingerprint density at radius 3 is 2.11 bits per heavy atom. The van der Waals surface area contributed by atoms with Gasteiger partial charge < -0.3 is 24.1 Å². The molecule has 1 N–H and O–H groups in total. The van der Waals surface area contributed by atoms with Gasteiger partial charge in [0.15, 0.2) is 0 Å². The van der Waals surface area contributed by atoms with Crippen molar-refractivity contribution >= 4 is 18.4 Å². The largest absolute Gasteiger partial charge is 0.468 e. The summed E-state index contributed by atoms with van der Waals surface area (Å²) in [6.45, 7) is 9.88. The van der Waals surface area contributed by atoms with Crippen molar-refractivity contribution < 1.29 is 38.4 Å².